The van der Waals surface area contributed by atoms with Crippen molar-refractivity contribution in [3.63, 3.8) is 0 Å². The largest absolute Gasteiger partial charge is 0.496 e. The van der Waals surface area contributed by atoms with E-state index in [0.717, 1.165) is 11.1 Å². The number of carbonyl (C=O) groups is 2. The monoisotopic (exact) mass is 293 g/mol. The second-order valence-corrected chi connectivity index (χ2v) is 6.19. The quantitative estimate of drug-likeness (QED) is 0.872. The van der Waals surface area contributed by atoms with E-state index in [9.17, 15) is 14.7 Å². The zero-order valence-corrected chi connectivity index (χ0v) is 13.2. The molecule has 0 aromatic heterocycles. The predicted molar refractivity (Wildman–Crippen MR) is 80.5 cm³/mol. The van der Waals surface area contributed by atoms with Crippen LogP contribution in [-0.2, 0) is 16.0 Å². The molecule has 21 heavy (non-hydrogen) atoms. The van der Waals surface area contributed by atoms with Gasteiger partial charge in [-0.1, -0.05) is 32.9 Å². The summed E-state index contributed by atoms with van der Waals surface area (Å²) in [6.07, 6.45) is 0.122. The first-order valence-electron chi connectivity index (χ1n) is 6.81. The minimum atomic E-state index is -1.03. The normalized spacial score (nSPS) is 12.6. The molecule has 0 heterocycles. The second kappa shape index (κ2) is 6.61. The molecule has 0 saturated carbocycles. The first kappa shape index (κ1) is 17.0. The van der Waals surface area contributed by atoms with Gasteiger partial charge in [-0.05, 0) is 29.5 Å². The lowest BCUT2D eigenvalue weighted by Gasteiger charge is -2.27. The van der Waals surface area contributed by atoms with Crippen molar-refractivity contribution in [1.29, 1.82) is 0 Å². The van der Waals surface area contributed by atoms with E-state index in [1.807, 2.05) is 19.1 Å². The average molecular weight is 293 g/mol. The molecule has 0 aliphatic heterocycles. The Morgan fingerprint density at radius 1 is 1.33 bits per heavy atom. The third-order valence-corrected chi connectivity index (χ3v) is 3.26. The van der Waals surface area contributed by atoms with Gasteiger partial charge in [0.2, 0.25) is 5.91 Å². The summed E-state index contributed by atoms with van der Waals surface area (Å²) in [5.41, 5.74) is 1.22. The summed E-state index contributed by atoms with van der Waals surface area (Å²) >= 11 is 0. The number of benzene rings is 1. The second-order valence-electron chi connectivity index (χ2n) is 6.19. The van der Waals surface area contributed by atoms with Crippen molar-refractivity contribution in [2.75, 3.05) is 7.11 Å². The van der Waals surface area contributed by atoms with Crippen LogP contribution in [0.2, 0.25) is 0 Å². The molecule has 0 spiro atoms. The molecule has 5 nitrogen and oxygen atoms in total. The SMILES string of the molecule is COc1cc(CC(=O)N[C@@H](C(=O)O)C(C)(C)C)ccc1C. The van der Waals surface area contributed by atoms with Crippen LogP contribution in [0.1, 0.15) is 31.9 Å². The molecule has 0 aliphatic rings. The van der Waals surface area contributed by atoms with Gasteiger partial charge in [0.15, 0.2) is 0 Å². The molecule has 116 valence electrons. The number of hydrogen-bond donors (Lipinski definition) is 2. The molecule has 1 aromatic carbocycles. The minimum absolute atomic E-state index is 0.122. The van der Waals surface area contributed by atoms with Crippen LogP contribution in [0.5, 0.6) is 5.75 Å². The van der Waals surface area contributed by atoms with Gasteiger partial charge in [-0.3, -0.25) is 4.79 Å². The molecule has 2 N–H and O–H groups in total. The van der Waals surface area contributed by atoms with Crippen molar-refractivity contribution in [3.8, 4) is 5.75 Å². The molecule has 1 aromatic rings. The van der Waals surface area contributed by atoms with Crippen molar-refractivity contribution in [2.24, 2.45) is 5.41 Å². The fourth-order valence-electron chi connectivity index (χ4n) is 2.02. The number of methoxy groups -OCH3 is 1. The summed E-state index contributed by atoms with van der Waals surface area (Å²) in [4.78, 5) is 23.3. The number of carbonyl (C=O) groups excluding carboxylic acids is 1. The molecule has 0 unspecified atom stereocenters. The van der Waals surface area contributed by atoms with Crippen LogP contribution < -0.4 is 10.1 Å². The first-order valence-corrected chi connectivity index (χ1v) is 6.81. The summed E-state index contributed by atoms with van der Waals surface area (Å²) in [6, 6.07) is 4.59. The highest BCUT2D eigenvalue weighted by atomic mass is 16.5. The smallest absolute Gasteiger partial charge is 0.326 e. The Balaban J connectivity index is 2.79. The lowest BCUT2D eigenvalue weighted by atomic mass is 9.86. The minimum Gasteiger partial charge on any atom is -0.496 e. The Morgan fingerprint density at radius 2 is 1.95 bits per heavy atom. The molecule has 1 amide bonds. The van der Waals surface area contributed by atoms with Crippen molar-refractivity contribution >= 4 is 11.9 Å². The van der Waals surface area contributed by atoms with E-state index in [-0.39, 0.29) is 12.3 Å². The molecule has 1 atom stereocenters. The van der Waals surface area contributed by atoms with Gasteiger partial charge in [0.25, 0.3) is 0 Å². The number of carboxylic acids is 1. The van der Waals surface area contributed by atoms with Gasteiger partial charge in [-0.2, -0.15) is 0 Å². The molecule has 0 radical (unpaired) electrons. The maximum atomic E-state index is 12.0. The van der Waals surface area contributed by atoms with Gasteiger partial charge in [-0.15, -0.1) is 0 Å². The van der Waals surface area contributed by atoms with Gasteiger partial charge in [-0.25, -0.2) is 4.79 Å². The van der Waals surface area contributed by atoms with Gasteiger partial charge >= 0.3 is 5.97 Å². The molecule has 0 aliphatic carbocycles. The van der Waals surface area contributed by atoms with E-state index in [1.165, 1.54) is 0 Å². The van der Waals surface area contributed by atoms with Gasteiger partial charge < -0.3 is 15.2 Å². The maximum Gasteiger partial charge on any atom is 0.326 e. The maximum absolute atomic E-state index is 12.0. The fourth-order valence-corrected chi connectivity index (χ4v) is 2.02. The average Bonchev–Trinajstić information content (AvgIpc) is 2.36. The summed E-state index contributed by atoms with van der Waals surface area (Å²) in [7, 11) is 1.58. The Labute approximate surface area is 125 Å². The molecule has 0 saturated heterocycles. The Morgan fingerprint density at radius 3 is 2.43 bits per heavy atom. The number of ether oxygens (including phenoxy) is 1. The van der Waals surface area contributed by atoms with E-state index in [1.54, 1.807) is 33.9 Å². The zero-order valence-electron chi connectivity index (χ0n) is 13.2. The summed E-state index contributed by atoms with van der Waals surface area (Å²) in [5, 5.41) is 11.8. The lowest BCUT2D eigenvalue weighted by Crippen LogP contribution is -2.49. The van der Waals surface area contributed by atoms with Crippen LogP contribution in [0.25, 0.3) is 0 Å². The van der Waals surface area contributed by atoms with Crippen LogP contribution in [0.3, 0.4) is 0 Å². The Kier molecular flexibility index (Phi) is 5.35. The summed E-state index contributed by atoms with van der Waals surface area (Å²) < 4.78 is 5.21. The Bertz CT molecular complexity index is 532. The third kappa shape index (κ3) is 4.77. The van der Waals surface area contributed by atoms with Crippen LogP contribution >= 0.6 is 0 Å². The zero-order chi connectivity index (χ0) is 16.2. The van der Waals surface area contributed by atoms with Crippen LogP contribution in [-0.4, -0.2) is 30.1 Å². The number of hydrogen-bond acceptors (Lipinski definition) is 3. The predicted octanol–water partition coefficient (Wildman–Crippen LogP) is 2.16. The van der Waals surface area contributed by atoms with Crippen LogP contribution in [0.4, 0.5) is 0 Å². The summed E-state index contributed by atoms with van der Waals surface area (Å²) in [5.74, 6) is -0.633. The third-order valence-electron chi connectivity index (χ3n) is 3.26. The van der Waals surface area contributed by atoms with Gasteiger partial charge in [0.1, 0.15) is 11.8 Å². The number of rotatable bonds is 5. The van der Waals surface area contributed by atoms with E-state index >= 15 is 0 Å². The number of aryl methyl sites for hydroxylation is 1. The number of carboxylic acid groups (broad SMARTS) is 1. The topological polar surface area (TPSA) is 75.6 Å². The van der Waals surface area contributed by atoms with Crippen molar-refractivity contribution < 1.29 is 19.4 Å². The highest BCUT2D eigenvalue weighted by molar-refractivity contribution is 5.85. The van der Waals surface area contributed by atoms with Crippen LogP contribution in [0, 0.1) is 12.3 Å². The molecule has 1 rings (SSSR count). The molecule has 0 fully saturated rings. The number of amides is 1. The molecule has 5 heteroatoms. The van der Waals surface area contributed by atoms with Gasteiger partial charge in [0.05, 0.1) is 13.5 Å². The van der Waals surface area contributed by atoms with Gasteiger partial charge in [0, 0.05) is 0 Å². The highest BCUT2D eigenvalue weighted by Crippen LogP contribution is 2.21. The fraction of sp³-hybridized carbons (Fsp3) is 0.500. The first-order chi connectivity index (χ1) is 9.65. The Hall–Kier alpha value is -2.04. The van der Waals surface area contributed by atoms with Crippen molar-refractivity contribution in [3.05, 3.63) is 29.3 Å². The molecular formula is C16H23NO4. The number of aliphatic carboxylic acids is 1. The summed E-state index contributed by atoms with van der Waals surface area (Å²) in [6.45, 7) is 7.26. The van der Waals surface area contributed by atoms with E-state index < -0.39 is 17.4 Å². The van der Waals surface area contributed by atoms with E-state index in [0.29, 0.717) is 5.75 Å². The standard InChI is InChI=1S/C16H23NO4/c1-10-6-7-11(8-12(10)21-5)9-13(18)17-14(15(19)20)16(2,3)4/h6-8,14H,9H2,1-5H3,(H,17,18)(H,19,20)/t14-/m0/s1. The van der Waals surface area contributed by atoms with Crippen molar-refractivity contribution in [2.45, 2.75) is 40.2 Å². The lowest BCUT2D eigenvalue weighted by molar-refractivity contribution is -0.144. The van der Waals surface area contributed by atoms with Crippen LogP contribution in [0.15, 0.2) is 18.2 Å². The molecular weight excluding hydrogens is 270 g/mol. The van der Waals surface area contributed by atoms with Crippen molar-refractivity contribution in [1.82, 2.24) is 5.32 Å². The highest BCUT2D eigenvalue weighted by Gasteiger charge is 2.32. The molecule has 0 bridgehead atoms. The number of nitrogens with one attached hydrogen (secondary N) is 1. The van der Waals surface area contributed by atoms with E-state index in [2.05, 4.69) is 5.32 Å². The van der Waals surface area contributed by atoms with E-state index in [4.69, 9.17) is 4.74 Å².